The maximum Gasteiger partial charge on any atom is 0.328 e. The van der Waals surface area contributed by atoms with Crippen molar-refractivity contribution in [1.82, 2.24) is 9.80 Å². The van der Waals surface area contributed by atoms with Gasteiger partial charge in [-0.05, 0) is 18.8 Å². The molecule has 0 aromatic rings. The van der Waals surface area contributed by atoms with E-state index in [2.05, 4.69) is 6.92 Å². The van der Waals surface area contributed by atoms with Crippen molar-refractivity contribution < 1.29 is 23.9 Å². The fourth-order valence-corrected chi connectivity index (χ4v) is 3.18. The van der Waals surface area contributed by atoms with Crippen LogP contribution in [0.2, 0.25) is 0 Å². The van der Waals surface area contributed by atoms with Gasteiger partial charge in [-0.1, -0.05) is 6.92 Å². The molecule has 0 aliphatic carbocycles. The van der Waals surface area contributed by atoms with Gasteiger partial charge in [0.15, 0.2) is 0 Å². The highest BCUT2D eigenvalue weighted by Crippen LogP contribution is 2.23. The van der Waals surface area contributed by atoms with Gasteiger partial charge in [0, 0.05) is 33.2 Å². The van der Waals surface area contributed by atoms with Crippen molar-refractivity contribution in [3.8, 4) is 0 Å². The molecule has 2 aliphatic rings. The second kappa shape index (κ2) is 7.09. The van der Waals surface area contributed by atoms with Crippen molar-refractivity contribution in [2.45, 2.75) is 38.3 Å². The molecule has 2 fully saturated rings. The standard InChI is InChI=1S/C15H24N2O5/c1-10-5-4-6-16(8-10)13(18)14(19)17-9-11(21-2)7-12(17)15(20)22-3/h10-12H,4-9H2,1-3H3. The maximum absolute atomic E-state index is 12.5. The van der Waals surface area contributed by atoms with Crippen LogP contribution in [0.5, 0.6) is 0 Å². The fourth-order valence-electron chi connectivity index (χ4n) is 3.18. The topological polar surface area (TPSA) is 76.1 Å². The van der Waals surface area contributed by atoms with Crippen molar-refractivity contribution in [2.24, 2.45) is 5.92 Å². The van der Waals surface area contributed by atoms with Gasteiger partial charge in [-0.2, -0.15) is 0 Å². The molecular formula is C15H24N2O5. The summed E-state index contributed by atoms with van der Waals surface area (Å²) in [6, 6.07) is -0.742. The number of carbonyl (C=O) groups excluding carboxylic acids is 3. The van der Waals surface area contributed by atoms with Crippen LogP contribution in [0.4, 0.5) is 0 Å². The van der Waals surface area contributed by atoms with Crippen LogP contribution < -0.4 is 0 Å². The van der Waals surface area contributed by atoms with Gasteiger partial charge in [0.2, 0.25) is 0 Å². The van der Waals surface area contributed by atoms with E-state index in [1.54, 1.807) is 4.90 Å². The Bertz CT molecular complexity index is 453. The molecule has 2 amide bonds. The number of rotatable bonds is 2. The smallest absolute Gasteiger partial charge is 0.328 e. The highest BCUT2D eigenvalue weighted by atomic mass is 16.5. The van der Waals surface area contributed by atoms with Crippen molar-refractivity contribution >= 4 is 17.8 Å². The number of hydrogen-bond acceptors (Lipinski definition) is 5. The van der Waals surface area contributed by atoms with Crippen LogP contribution in [-0.2, 0) is 23.9 Å². The first-order valence-electron chi connectivity index (χ1n) is 7.68. The highest BCUT2D eigenvalue weighted by molar-refractivity contribution is 6.35. The molecule has 0 aromatic carbocycles. The van der Waals surface area contributed by atoms with Gasteiger partial charge in [0.05, 0.1) is 13.2 Å². The monoisotopic (exact) mass is 312 g/mol. The third-order valence-corrected chi connectivity index (χ3v) is 4.46. The van der Waals surface area contributed by atoms with Gasteiger partial charge in [-0.25, -0.2) is 4.79 Å². The average molecular weight is 312 g/mol. The molecule has 0 spiro atoms. The molecule has 0 aromatic heterocycles. The van der Waals surface area contributed by atoms with Gasteiger partial charge in [0.25, 0.3) is 0 Å². The van der Waals surface area contributed by atoms with Gasteiger partial charge in [-0.3, -0.25) is 9.59 Å². The summed E-state index contributed by atoms with van der Waals surface area (Å²) in [5, 5.41) is 0. The summed E-state index contributed by atoms with van der Waals surface area (Å²) in [5.41, 5.74) is 0. The molecule has 2 saturated heterocycles. The first-order valence-corrected chi connectivity index (χ1v) is 7.68. The van der Waals surface area contributed by atoms with E-state index in [9.17, 15) is 14.4 Å². The Morgan fingerprint density at radius 1 is 1.09 bits per heavy atom. The second-order valence-corrected chi connectivity index (χ2v) is 6.09. The molecule has 124 valence electrons. The van der Waals surface area contributed by atoms with E-state index in [1.807, 2.05) is 0 Å². The van der Waals surface area contributed by atoms with Crippen LogP contribution in [0.25, 0.3) is 0 Å². The molecule has 7 heteroatoms. The summed E-state index contributed by atoms with van der Waals surface area (Å²) in [5.74, 6) is -1.28. The maximum atomic E-state index is 12.5. The van der Waals surface area contributed by atoms with E-state index in [-0.39, 0.29) is 12.6 Å². The zero-order valence-electron chi connectivity index (χ0n) is 13.4. The van der Waals surface area contributed by atoms with Crippen LogP contribution in [0.15, 0.2) is 0 Å². The SMILES string of the molecule is COC(=O)C1CC(OC)CN1C(=O)C(=O)N1CCCC(C)C1. The van der Waals surface area contributed by atoms with E-state index in [1.165, 1.54) is 19.1 Å². The number of carbonyl (C=O) groups is 3. The molecule has 0 bridgehead atoms. The third kappa shape index (κ3) is 3.40. The quantitative estimate of drug-likeness (QED) is 0.531. The Morgan fingerprint density at radius 2 is 1.82 bits per heavy atom. The van der Waals surface area contributed by atoms with Crippen molar-refractivity contribution in [2.75, 3.05) is 33.9 Å². The number of piperidine rings is 1. The molecule has 7 nitrogen and oxygen atoms in total. The number of amides is 2. The average Bonchev–Trinajstić information content (AvgIpc) is 2.97. The Kier molecular flexibility index (Phi) is 5.39. The lowest BCUT2D eigenvalue weighted by Crippen LogP contribution is -2.51. The van der Waals surface area contributed by atoms with Crippen LogP contribution in [0.1, 0.15) is 26.2 Å². The normalized spacial score (nSPS) is 28.6. The molecule has 0 N–H and O–H groups in total. The number of likely N-dealkylation sites (tertiary alicyclic amines) is 2. The van der Waals surface area contributed by atoms with Crippen LogP contribution >= 0.6 is 0 Å². The number of esters is 1. The molecule has 2 heterocycles. The van der Waals surface area contributed by atoms with Crippen LogP contribution in [-0.4, -0.2) is 73.6 Å². The molecule has 0 saturated carbocycles. The highest BCUT2D eigenvalue weighted by Gasteiger charge is 2.43. The summed E-state index contributed by atoms with van der Waals surface area (Å²) < 4.78 is 9.97. The van der Waals surface area contributed by atoms with Crippen LogP contribution in [0.3, 0.4) is 0 Å². The van der Waals surface area contributed by atoms with E-state index >= 15 is 0 Å². The first kappa shape index (κ1) is 16.7. The largest absolute Gasteiger partial charge is 0.467 e. The van der Waals surface area contributed by atoms with Crippen LogP contribution in [0, 0.1) is 5.92 Å². The van der Waals surface area contributed by atoms with Crippen molar-refractivity contribution in [3.05, 3.63) is 0 Å². The minimum Gasteiger partial charge on any atom is -0.467 e. The van der Waals surface area contributed by atoms with E-state index in [0.29, 0.717) is 25.4 Å². The van der Waals surface area contributed by atoms with Crippen molar-refractivity contribution in [3.63, 3.8) is 0 Å². The summed E-state index contributed by atoms with van der Waals surface area (Å²) in [6.45, 7) is 3.50. The molecule has 0 radical (unpaired) electrons. The number of hydrogen-bond donors (Lipinski definition) is 0. The third-order valence-electron chi connectivity index (χ3n) is 4.46. The van der Waals surface area contributed by atoms with E-state index in [0.717, 1.165) is 12.8 Å². The molecule has 3 atom stereocenters. The summed E-state index contributed by atoms with van der Waals surface area (Å²) >= 11 is 0. The molecule has 22 heavy (non-hydrogen) atoms. The lowest BCUT2D eigenvalue weighted by Gasteiger charge is -2.32. The fraction of sp³-hybridized carbons (Fsp3) is 0.800. The predicted molar refractivity (Wildman–Crippen MR) is 77.9 cm³/mol. The zero-order chi connectivity index (χ0) is 16.3. The lowest BCUT2D eigenvalue weighted by molar-refractivity contribution is -0.158. The van der Waals surface area contributed by atoms with Gasteiger partial charge in [-0.15, -0.1) is 0 Å². The van der Waals surface area contributed by atoms with Gasteiger partial charge in [0.1, 0.15) is 6.04 Å². The summed E-state index contributed by atoms with van der Waals surface area (Å²) in [4.78, 5) is 39.7. The molecular weight excluding hydrogens is 288 g/mol. The summed E-state index contributed by atoms with van der Waals surface area (Å²) in [6.07, 6.45) is 2.08. The zero-order valence-corrected chi connectivity index (χ0v) is 13.4. The first-order chi connectivity index (χ1) is 10.5. The Labute approximate surface area is 130 Å². The summed E-state index contributed by atoms with van der Waals surface area (Å²) in [7, 11) is 2.81. The number of nitrogens with zero attached hydrogens (tertiary/aromatic N) is 2. The molecule has 3 unspecified atom stereocenters. The Hall–Kier alpha value is -1.63. The van der Waals surface area contributed by atoms with Crippen molar-refractivity contribution in [1.29, 1.82) is 0 Å². The molecule has 2 rings (SSSR count). The minimum absolute atomic E-state index is 0.240. The van der Waals surface area contributed by atoms with E-state index < -0.39 is 23.8 Å². The minimum atomic E-state index is -0.742. The van der Waals surface area contributed by atoms with Gasteiger partial charge < -0.3 is 19.3 Å². The number of ether oxygens (including phenoxy) is 2. The predicted octanol–water partition coefficient (Wildman–Crippen LogP) is 0.0338. The van der Waals surface area contributed by atoms with E-state index in [4.69, 9.17) is 9.47 Å². The lowest BCUT2D eigenvalue weighted by atomic mass is 10.0. The Morgan fingerprint density at radius 3 is 2.41 bits per heavy atom. The molecule has 2 aliphatic heterocycles. The second-order valence-electron chi connectivity index (χ2n) is 6.09. The Balaban J connectivity index is 2.08. The number of methoxy groups -OCH3 is 2. The van der Waals surface area contributed by atoms with Gasteiger partial charge >= 0.3 is 17.8 Å².